The maximum atomic E-state index is 12.4. The highest BCUT2D eigenvalue weighted by Gasteiger charge is 2.41. The van der Waals surface area contributed by atoms with E-state index in [0.717, 1.165) is 35.5 Å². The number of nitrogens with two attached hydrogens (primary N) is 1. The van der Waals surface area contributed by atoms with Gasteiger partial charge in [-0.3, -0.25) is 4.79 Å². The van der Waals surface area contributed by atoms with Crippen LogP contribution in [0.2, 0.25) is 0 Å². The summed E-state index contributed by atoms with van der Waals surface area (Å²) >= 11 is 0. The Morgan fingerprint density at radius 1 is 1.21 bits per heavy atom. The number of aromatic nitrogens is 3. The predicted molar refractivity (Wildman–Crippen MR) is 129 cm³/mol. The third-order valence-corrected chi connectivity index (χ3v) is 6.66. The van der Waals surface area contributed by atoms with Crippen molar-refractivity contribution in [2.75, 3.05) is 37.9 Å². The van der Waals surface area contributed by atoms with E-state index in [2.05, 4.69) is 25.6 Å². The number of hydrogen-bond acceptors (Lipinski definition) is 8. The van der Waals surface area contributed by atoms with Crippen LogP contribution in [0.3, 0.4) is 0 Å². The quantitative estimate of drug-likeness (QED) is 0.469. The van der Waals surface area contributed by atoms with Crippen molar-refractivity contribution in [3.8, 4) is 17.0 Å². The molecule has 5 rings (SSSR count). The molecular weight excluding hydrogens is 432 g/mol. The lowest BCUT2D eigenvalue weighted by atomic mass is 9.70. The number of anilines is 2. The van der Waals surface area contributed by atoms with Crippen LogP contribution in [0, 0.1) is 11.8 Å². The van der Waals surface area contributed by atoms with E-state index in [1.807, 2.05) is 30.3 Å². The average Bonchev–Trinajstić information content (AvgIpc) is 3.34. The van der Waals surface area contributed by atoms with E-state index < -0.39 is 0 Å². The maximum absolute atomic E-state index is 12.4. The minimum absolute atomic E-state index is 0.0502. The lowest BCUT2D eigenvalue weighted by molar-refractivity contribution is -0.0553. The van der Waals surface area contributed by atoms with E-state index in [1.165, 1.54) is 0 Å². The van der Waals surface area contributed by atoms with E-state index in [-0.39, 0.29) is 23.9 Å². The molecule has 0 bridgehead atoms. The zero-order valence-corrected chi connectivity index (χ0v) is 19.0. The van der Waals surface area contributed by atoms with Crippen molar-refractivity contribution in [1.82, 2.24) is 20.3 Å². The molecule has 0 radical (unpaired) electrons. The van der Waals surface area contributed by atoms with E-state index in [9.17, 15) is 4.79 Å². The Labute approximate surface area is 198 Å². The summed E-state index contributed by atoms with van der Waals surface area (Å²) in [6.07, 6.45) is 5.23. The lowest BCUT2D eigenvalue weighted by Crippen LogP contribution is -2.50. The normalized spacial score (nSPS) is 20.7. The van der Waals surface area contributed by atoms with Gasteiger partial charge in [0.05, 0.1) is 24.0 Å². The van der Waals surface area contributed by atoms with Gasteiger partial charge in [-0.15, -0.1) is 0 Å². The van der Waals surface area contributed by atoms with Crippen molar-refractivity contribution in [3.63, 3.8) is 0 Å². The first kappa shape index (κ1) is 22.1. The molecule has 1 fully saturated rings. The molecule has 2 aliphatic rings. The number of nitrogen functional groups attached to an aromatic ring is 1. The molecule has 3 heterocycles. The van der Waals surface area contributed by atoms with Crippen LogP contribution in [0.1, 0.15) is 22.3 Å². The number of amides is 1. The SMILES string of the molecule is CO[C@@H]1C[C@@H](CNC(=O)c2ccccc2)[C@@H]1CNc1ncc(-c2ccnc(N)n2)c2c1CCO2. The number of fused-ring (bicyclic) bond motifs is 1. The van der Waals surface area contributed by atoms with Crippen molar-refractivity contribution >= 4 is 17.7 Å². The molecule has 1 saturated carbocycles. The van der Waals surface area contributed by atoms with Crippen LogP contribution in [0.15, 0.2) is 48.8 Å². The fourth-order valence-corrected chi connectivity index (χ4v) is 4.74. The van der Waals surface area contributed by atoms with Crippen molar-refractivity contribution in [2.45, 2.75) is 18.9 Å². The van der Waals surface area contributed by atoms with Gasteiger partial charge in [0, 0.05) is 56.1 Å². The summed E-state index contributed by atoms with van der Waals surface area (Å²) in [6, 6.07) is 11.1. The van der Waals surface area contributed by atoms with Crippen LogP contribution in [0.25, 0.3) is 11.3 Å². The largest absolute Gasteiger partial charge is 0.492 e. The second-order valence-corrected chi connectivity index (χ2v) is 8.62. The monoisotopic (exact) mass is 460 g/mol. The first-order valence-electron chi connectivity index (χ1n) is 11.5. The molecule has 4 N–H and O–H groups in total. The van der Waals surface area contributed by atoms with Crippen molar-refractivity contribution in [2.24, 2.45) is 11.8 Å². The Morgan fingerprint density at radius 2 is 2.06 bits per heavy atom. The smallest absolute Gasteiger partial charge is 0.251 e. The Bertz CT molecular complexity index is 1170. The zero-order chi connectivity index (χ0) is 23.5. The van der Waals surface area contributed by atoms with E-state index in [0.29, 0.717) is 36.9 Å². The Morgan fingerprint density at radius 3 is 2.85 bits per heavy atom. The van der Waals surface area contributed by atoms with E-state index in [1.54, 1.807) is 25.6 Å². The zero-order valence-electron chi connectivity index (χ0n) is 19.0. The number of nitrogens with one attached hydrogen (secondary N) is 2. The second kappa shape index (κ2) is 9.64. The molecular formula is C25H28N6O3. The summed E-state index contributed by atoms with van der Waals surface area (Å²) in [4.78, 5) is 25.4. The summed E-state index contributed by atoms with van der Waals surface area (Å²) < 4.78 is 11.6. The minimum atomic E-state index is -0.0502. The number of benzene rings is 1. The van der Waals surface area contributed by atoms with Crippen molar-refractivity contribution in [1.29, 1.82) is 0 Å². The molecule has 176 valence electrons. The molecule has 0 spiro atoms. The fraction of sp³-hybridized carbons (Fsp3) is 0.360. The van der Waals surface area contributed by atoms with Gasteiger partial charge in [-0.1, -0.05) is 18.2 Å². The molecule has 9 heteroatoms. The molecule has 0 unspecified atom stereocenters. The number of carbonyl (C=O) groups excluding carboxylic acids is 1. The van der Waals surface area contributed by atoms with Crippen LogP contribution in [0.5, 0.6) is 5.75 Å². The molecule has 2 aromatic heterocycles. The molecule has 34 heavy (non-hydrogen) atoms. The topological polar surface area (TPSA) is 124 Å². The first-order valence-corrected chi connectivity index (χ1v) is 11.5. The summed E-state index contributed by atoms with van der Waals surface area (Å²) in [6.45, 7) is 1.91. The highest BCUT2D eigenvalue weighted by atomic mass is 16.5. The van der Waals surface area contributed by atoms with Gasteiger partial charge in [0.1, 0.15) is 11.6 Å². The standard InChI is InChI=1S/C25H28N6O3/c1-33-21-11-16(12-30-24(32)15-5-3-2-4-6-15)18(21)13-28-23-17-8-10-34-22(17)19(14-29-23)20-7-9-27-25(26)31-20/h2-7,9,14,16,18,21H,8,10-13H2,1H3,(H,28,29)(H,30,32)(H2,26,27,31)/t16-,18-,21+/m0/s1. The van der Waals surface area contributed by atoms with Crippen LogP contribution in [0.4, 0.5) is 11.8 Å². The summed E-state index contributed by atoms with van der Waals surface area (Å²) in [5.41, 5.74) is 8.97. The molecule has 1 amide bonds. The highest BCUT2D eigenvalue weighted by molar-refractivity contribution is 5.94. The molecule has 1 aromatic carbocycles. The molecule has 3 atom stereocenters. The van der Waals surface area contributed by atoms with Crippen LogP contribution >= 0.6 is 0 Å². The van der Waals surface area contributed by atoms with Crippen LogP contribution < -0.4 is 21.1 Å². The number of rotatable bonds is 8. The number of pyridine rings is 1. The summed E-state index contributed by atoms with van der Waals surface area (Å²) in [7, 11) is 1.74. The molecule has 3 aromatic rings. The number of nitrogens with zero attached hydrogens (tertiary/aromatic N) is 3. The summed E-state index contributed by atoms with van der Waals surface area (Å²) in [5, 5.41) is 6.57. The Hall–Kier alpha value is -3.72. The average molecular weight is 461 g/mol. The number of methoxy groups -OCH3 is 1. The number of hydrogen-bond donors (Lipinski definition) is 3. The van der Waals surface area contributed by atoms with E-state index >= 15 is 0 Å². The Kier molecular flexibility index (Phi) is 6.27. The van der Waals surface area contributed by atoms with Gasteiger partial charge in [0.25, 0.3) is 5.91 Å². The summed E-state index contributed by atoms with van der Waals surface area (Å²) in [5.74, 6) is 2.37. The van der Waals surface area contributed by atoms with Gasteiger partial charge in [-0.05, 0) is 30.5 Å². The van der Waals surface area contributed by atoms with Gasteiger partial charge >= 0.3 is 0 Å². The highest BCUT2D eigenvalue weighted by Crippen LogP contribution is 2.40. The lowest BCUT2D eigenvalue weighted by Gasteiger charge is -2.44. The molecule has 1 aliphatic heterocycles. The molecule has 1 aliphatic carbocycles. The van der Waals surface area contributed by atoms with Gasteiger partial charge in [-0.2, -0.15) is 0 Å². The maximum Gasteiger partial charge on any atom is 0.251 e. The number of ether oxygens (including phenoxy) is 2. The molecule has 0 saturated heterocycles. The van der Waals surface area contributed by atoms with Crippen molar-refractivity contribution in [3.05, 3.63) is 59.9 Å². The third kappa shape index (κ3) is 4.38. The first-order chi connectivity index (χ1) is 16.6. The minimum Gasteiger partial charge on any atom is -0.492 e. The van der Waals surface area contributed by atoms with Gasteiger partial charge in [-0.25, -0.2) is 15.0 Å². The van der Waals surface area contributed by atoms with Crippen LogP contribution in [-0.4, -0.2) is 53.8 Å². The van der Waals surface area contributed by atoms with Gasteiger partial charge < -0.3 is 25.8 Å². The van der Waals surface area contributed by atoms with Gasteiger partial charge in [0.15, 0.2) is 0 Å². The predicted octanol–water partition coefficient (Wildman–Crippen LogP) is 2.55. The van der Waals surface area contributed by atoms with E-state index in [4.69, 9.17) is 15.2 Å². The second-order valence-electron chi connectivity index (χ2n) is 8.62. The van der Waals surface area contributed by atoms with Crippen LogP contribution in [-0.2, 0) is 11.2 Å². The van der Waals surface area contributed by atoms with Gasteiger partial charge in [0.2, 0.25) is 5.95 Å². The third-order valence-electron chi connectivity index (χ3n) is 6.66. The molecule has 9 nitrogen and oxygen atoms in total. The van der Waals surface area contributed by atoms with Crippen molar-refractivity contribution < 1.29 is 14.3 Å². The Balaban J connectivity index is 1.25. The number of carbonyl (C=O) groups is 1. The fourth-order valence-electron chi connectivity index (χ4n) is 4.74.